The number of nitrogens with zero attached hydrogens (tertiary/aromatic N) is 1. The fourth-order valence-corrected chi connectivity index (χ4v) is 10.9. The molecule has 13 rings (SSSR count). The first-order valence-electron chi connectivity index (χ1n) is 23.5. The summed E-state index contributed by atoms with van der Waals surface area (Å²) in [6, 6.07) is 66.5. The van der Waals surface area contributed by atoms with Crippen LogP contribution in [0.1, 0.15) is 45.5 Å². The van der Waals surface area contributed by atoms with Crippen molar-refractivity contribution in [3.63, 3.8) is 0 Å². The monoisotopic (exact) mass is 861 g/mol. The Kier molecular flexibility index (Phi) is 9.08. The lowest BCUT2D eigenvalue weighted by Crippen LogP contribution is -2.06. The maximum absolute atomic E-state index is 6.73. The van der Waals surface area contributed by atoms with Crippen molar-refractivity contribution in [1.82, 2.24) is 4.57 Å². The van der Waals surface area contributed by atoms with E-state index >= 15 is 0 Å². The molecule has 0 N–H and O–H groups in total. The number of fused-ring (bicyclic) bond motifs is 8. The minimum atomic E-state index is 0.877. The van der Waals surface area contributed by atoms with Crippen LogP contribution in [0.3, 0.4) is 0 Å². The Labute approximate surface area is 390 Å². The highest BCUT2D eigenvalue weighted by Crippen LogP contribution is 2.49. The van der Waals surface area contributed by atoms with E-state index in [4.69, 9.17) is 9.15 Å². The zero-order valence-electron chi connectivity index (χ0n) is 37.9. The molecule has 320 valence electrons. The van der Waals surface area contributed by atoms with Gasteiger partial charge in [0.2, 0.25) is 0 Å². The van der Waals surface area contributed by atoms with Gasteiger partial charge in [0.15, 0.2) is 11.5 Å². The molecule has 1 aliphatic carbocycles. The molecule has 0 fully saturated rings. The van der Waals surface area contributed by atoms with Crippen LogP contribution < -0.4 is 4.74 Å². The highest BCUT2D eigenvalue weighted by molar-refractivity contribution is 6.14. The Morgan fingerprint density at radius 3 is 1.87 bits per heavy atom. The van der Waals surface area contributed by atoms with Crippen molar-refractivity contribution in [2.75, 3.05) is 0 Å². The molecule has 0 atom stereocenters. The predicted molar refractivity (Wildman–Crippen MR) is 279 cm³/mol. The summed E-state index contributed by atoms with van der Waals surface area (Å²) in [4.78, 5) is 0. The van der Waals surface area contributed by atoms with Crippen LogP contribution in [0.25, 0.3) is 100 Å². The van der Waals surface area contributed by atoms with E-state index in [9.17, 15) is 0 Å². The quantitative estimate of drug-likeness (QED) is 0.160. The second kappa shape index (κ2) is 15.5. The molecule has 3 heterocycles. The smallest absolute Gasteiger partial charge is 0.152 e. The first-order chi connectivity index (χ1) is 32.9. The van der Waals surface area contributed by atoms with E-state index in [0.29, 0.717) is 0 Å². The van der Waals surface area contributed by atoms with Crippen molar-refractivity contribution in [2.24, 2.45) is 0 Å². The average Bonchev–Trinajstić information content (AvgIpc) is 3.91. The molecule has 0 amide bonds. The third kappa shape index (κ3) is 6.48. The molecule has 3 nitrogen and oxygen atoms in total. The maximum Gasteiger partial charge on any atom is 0.152 e. The van der Waals surface area contributed by atoms with E-state index in [1.165, 1.54) is 83.4 Å². The maximum atomic E-state index is 6.73. The predicted octanol–water partition coefficient (Wildman–Crippen LogP) is 17.4. The Morgan fingerprint density at radius 1 is 0.478 bits per heavy atom. The standard InChI is InChI=1S/C64H47NO2/c1-39-24-27-43(33-52(39)49-17-8-7-16-47(49)32-42-14-5-4-6-15-42)44-28-25-40(2)53(34-44)54-35-45(29-26-41(54)3)46-30-31-59-56(36-46)63-50(19-13-23-61(63)66-59)48-37-55-51-18-9-10-20-57(51)65-58-21-11-12-22-60(58)67-62(38-48)64(55)65/h4-8,10-17,19-31,33-38H,9,18,32H2,1-3H3. The lowest BCUT2D eigenvalue weighted by atomic mass is 9.88. The summed E-state index contributed by atoms with van der Waals surface area (Å²) in [6.45, 7) is 6.68. The summed E-state index contributed by atoms with van der Waals surface area (Å²) < 4.78 is 15.7. The Morgan fingerprint density at radius 2 is 1.10 bits per heavy atom. The molecule has 0 spiro atoms. The van der Waals surface area contributed by atoms with Crippen LogP contribution in [0.2, 0.25) is 0 Å². The van der Waals surface area contributed by atoms with Gasteiger partial charge in [-0.25, -0.2) is 0 Å². The van der Waals surface area contributed by atoms with Crippen molar-refractivity contribution in [3.05, 3.63) is 227 Å². The summed E-state index contributed by atoms with van der Waals surface area (Å²) in [5.74, 6) is 1.76. The third-order valence-corrected chi connectivity index (χ3v) is 14.4. The second-order valence-corrected chi connectivity index (χ2v) is 18.5. The van der Waals surface area contributed by atoms with Crippen LogP contribution >= 0.6 is 0 Å². The Balaban J connectivity index is 0.890. The van der Waals surface area contributed by atoms with Crippen LogP contribution in [0.4, 0.5) is 0 Å². The van der Waals surface area contributed by atoms with Gasteiger partial charge < -0.3 is 13.7 Å². The van der Waals surface area contributed by atoms with Crippen LogP contribution in [0.15, 0.2) is 192 Å². The molecule has 0 radical (unpaired) electrons. The van der Waals surface area contributed by atoms with Crippen LogP contribution in [-0.4, -0.2) is 4.57 Å². The minimum absolute atomic E-state index is 0.877. The molecule has 0 saturated carbocycles. The highest BCUT2D eigenvalue weighted by atomic mass is 16.5. The van der Waals surface area contributed by atoms with E-state index in [2.05, 4.69) is 219 Å². The number of benzene rings is 9. The molecule has 0 saturated heterocycles. The number of allylic oxidation sites excluding steroid dienone is 1. The molecular weight excluding hydrogens is 815 g/mol. The summed E-state index contributed by atoms with van der Waals surface area (Å²) in [6.07, 6.45) is 7.52. The van der Waals surface area contributed by atoms with Gasteiger partial charge in [0.1, 0.15) is 11.2 Å². The molecule has 0 bridgehead atoms. The van der Waals surface area contributed by atoms with Gasteiger partial charge in [-0.1, -0.05) is 127 Å². The van der Waals surface area contributed by atoms with Crippen LogP contribution in [0, 0.1) is 20.8 Å². The van der Waals surface area contributed by atoms with Gasteiger partial charge in [0.05, 0.1) is 11.2 Å². The highest BCUT2D eigenvalue weighted by Gasteiger charge is 2.28. The van der Waals surface area contributed by atoms with E-state index in [0.717, 1.165) is 80.6 Å². The lowest BCUT2D eigenvalue weighted by Gasteiger charge is -2.22. The number of ether oxygens (including phenoxy) is 1. The molecule has 2 aliphatic rings. The number of aryl methyl sites for hydroxylation is 4. The van der Waals surface area contributed by atoms with E-state index in [1.807, 2.05) is 0 Å². The van der Waals surface area contributed by atoms with Crippen molar-refractivity contribution in [1.29, 1.82) is 0 Å². The second-order valence-electron chi connectivity index (χ2n) is 18.5. The first-order valence-corrected chi connectivity index (χ1v) is 23.5. The van der Waals surface area contributed by atoms with Gasteiger partial charge in [-0.05, 0) is 196 Å². The van der Waals surface area contributed by atoms with Gasteiger partial charge in [0.25, 0.3) is 0 Å². The first kappa shape index (κ1) is 39.2. The van der Waals surface area contributed by atoms with E-state index in [-0.39, 0.29) is 0 Å². The molecule has 3 heteroatoms. The zero-order valence-corrected chi connectivity index (χ0v) is 37.9. The minimum Gasteiger partial charge on any atom is -0.456 e. The van der Waals surface area contributed by atoms with Gasteiger partial charge in [0, 0.05) is 21.9 Å². The third-order valence-electron chi connectivity index (χ3n) is 14.4. The topological polar surface area (TPSA) is 27.3 Å². The molecule has 67 heavy (non-hydrogen) atoms. The van der Waals surface area contributed by atoms with Crippen molar-refractivity contribution < 1.29 is 9.15 Å². The van der Waals surface area contributed by atoms with Crippen molar-refractivity contribution in [2.45, 2.75) is 40.0 Å². The fourth-order valence-electron chi connectivity index (χ4n) is 10.9. The van der Waals surface area contributed by atoms with Gasteiger partial charge in [-0.2, -0.15) is 0 Å². The van der Waals surface area contributed by atoms with Crippen LogP contribution in [0.5, 0.6) is 11.5 Å². The van der Waals surface area contributed by atoms with Gasteiger partial charge in [-0.15, -0.1) is 0 Å². The molecule has 0 unspecified atom stereocenters. The summed E-state index contributed by atoms with van der Waals surface area (Å²) in [5.41, 5.74) is 25.1. The number of hydrogen-bond acceptors (Lipinski definition) is 2. The van der Waals surface area contributed by atoms with E-state index in [1.54, 1.807) is 0 Å². The van der Waals surface area contributed by atoms with Crippen molar-refractivity contribution in [3.8, 4) is 72.8 Å². The Bertz CT molecular complexity index is 3840. The van der Waals surface area contributed by atoms with Gasteiger partial charge in [-0.3, -0.25) is 0 Å². The SMILES string of the molecule is Cc1ccc(-c2ccc(C)c(-c3ccccc3Cc3ccccc3)c2)cc1-c1cc(-c2ccc3oc4cccc(-c5cc6c7c(c5)c5c(n7-c7ccccc7O6)C=CCC5)c4c3c2)ccc1C. The number of rotatable bonds is 7. The number of para-hydroxylation sites is 2. The zero-order chi connectivity index (χ0) is 44.8. The van der Waals surface area contributed by atoms with E-state index < -0.39 is 0 Å². The summed E-state index contributed by atoms with van der Waals surface area (Å²) in [7, 11) is 0. The molecular formula is C64H47NO2. The molecule has 2 aromatic heterocycles. The number of aromatic nitrogens is 1. The number of hydrogen-bond donors (Lipinski definition) is 0. The molecule has 11 aromatic rings. The lowest BCUT2D eigenvalue weighted by molar-refractivity contribution is 0.475. The number of furan rings is 1. The normalized spacial score (nSPS) is 12.7. The molecule has 9 aromatic carbocycles. The van der Waals surface area contributed by atoms with Gasteiger partial charge >= 0.3 is 0 Å². The molecule has 1 aliphatic heterocycles. The van der Waals surface area contributed by atoms with Crippen LogP contribution in [-0.2, 0) is 12.8 Å². The Hall–Kier alpha value is -8.14. The summed E-state index contributed by atoms with van der Waals surface area (Å²) >= 11 is 0. The summed E-state index contributed by atoms with van der Waals surface area (Å²) in [5, 5.41) is 3.48. The van der Waals surface area contributed by atoms with Crippen molar-refractivity contribution >= 4 is 38.9 Å². The average molecular weight is 862 g/mol. The largest absolute Gasteiger partial charge is 0.456 e. The fraction of sp³-hybridized carbons (Fsp3) is 0.0938.